The van der Waals surface area contributed by atoms with E-state index in [9.17, 15) is 0 Å². The van der Waals surface area contributed by atoms with Crippen molar-refractivity contribution in [1.29, 1.82) is 5.26 Å². The van der Waals surface area contributed by atoms with Gasteiger partial charge in [0.05, 0.1) is 26.0 Å². The summed E-state index contributed by atoms with van der Waals surface area (Å²) in [6.45, 7) is 3.15. The van der Waals surface area contributed by atoms with Crippen molar-refractivity contribution in [2.45, 2.75) is 19.4 Å². The lowest BCUT2D eigenvalue weighted by molar-refractivity contribution is 0.254. The Labute approximate surface area is 131 Å². The van der Waals surface area contributed by atoms with E-state index in [4.69, 9.17) is 14.7 Å². The fourth-order valence-corrected chi connectivity index (χ4v) is 3.21. The van der Waals surface area contributed by atoms with Crippen LogP contribution in [-0.2, 0) is 13.0 Å². The first-order valence-corrected chi connectivity index (χ1v) is 8.34. The summed E-state index contributed by atoms with van der Waals surface area (Å²) in [6.07, 6.45) is 2.19. The molecular weight excluding hydrogens is 284 g/mol. The first-order valence-electron chi connectivity index (χ1n) is 7.19. The number of hydrogen-bond donors (Lipinski definition) is 0. The Hall–Kier alpha value is -1.38. The topological polar surface area (TPSA) is 45.5 Å². The van der Waals surface area contributed by atoms with Gasteiger partial charge in [0, 0.05) is 13.1 Å². The SMILES string of the molecule is COc1cc2c(cc1OC)CN(CCCSCC#N)CC2. The van der Waals surface area contributed by atoms with Gasteiger partial charge in [-0.2, -0.15) is 5.26 Å². The zero-order valence-corrected chi connectivity index (χ0v) is 13.5. The summed E-state index contributed by atoms with van der Waals surface area (Å²) >= 11 is 1.71. The van der Waals surface area contributed by atoms with Crippen LogP contribution in [0.25, 0.3) is 0 Å². The number of hydrogen-bond acceptors (Lipinski definition) is 5. The number of methoxy groups -OCH3 is 2. The minimum Gasteiger partial charge on any atom is -0.493 e. The number of benzene rings is 1. The van der Waals surface area contributed by atoms with E-state index in [0.717, 1.165) is 49.7 Å². The number of rotatable bonds is 7. The number of ether oxygens (including phenoxy) is 2. The van der Waals surface area contributed by atoms with Crippen LogP contribution in [0, 0.1) is 11.3 Å². The minimum absolute atomic E-state index is 0.597. The van der Waals surface area contributed by atoms with Gasteiger partial charge in [0.15, 0.2) is 11.5 Å². The lowest BCUT2D eigenvalue weighted by atomic mass is 9.98. The standard InChI is InChI=1S/C16H22N2O2S/c1-19-15-10-13-4-7-18(6-3-8-21-9-5-17)12-14(13)11-16(15)20-2/h10-11H,3-4,6-9,12H2,1-2H3. The highest BCUT2D eigenvalue weighted by Crippen LogP contribution is 2.33. The second kappa shape index (κ2) is 8.16. The molecule has 0 atom stereocenters. The molecule has 0 N–H and O–H groups in total. The molecule has 0 fully saturated rings. The first-order chi connectivity index (χ1) is 10.3. The Balaban J connectivity index is 1.92. The van der Waals surface area contributed by atoms with Crippen molar-refractivity contribution >= 4 is 11.8 Å². The van der Waals surface area contributed by atoms with E-state index in [1.54, 1.807) is 26.0 Å². The molecule has 4 nitrogen and oxygen atoms in total. The van der Waals surface area contributed by atoms with E-state index < -0.39 is 0 Å². The molecule has 2 rings (SSSR count). The van der Waals surface area contributed by atoms with Gasteiger partial charge in [0.2, 0.25) is 0 Å². The van der Waals surface area contributed by atoms with Gasteiger partial charge in [-0.1, -0.05) is 0 Å². The molecule has 0 bridgehead atoms. The third kappa shape index (κ3) is 4.29. The molecule has 0 aliphatic carbocycles. The normalized spacial score (nSPS) is 14.3. The highest BCUT2D eigenvalue weighted by Gasteiger charge is 2.18. The van der Waals surface area contributed by atoms with E-state index in [1.807, 2.05) is 0 Å². The molecule has 0 unspecified atom stereocenters. The van der Waals surface area contributed by atoms with Crippen LogP contribution in [0.1, 0.15) is 17.5 Å². The Kier molecular flexibility index (Phi) is 6.21. The maximum Gasteiger partial charge on any atom is 0.161 e. The van der Waals surface area contributed by atoms with Crippen LogP contribution < -0.4 is 9.47 Å². The van der Waals surface area contributed by atoms with Crippen LogP contribution >= 0.6 is 11.8 Å². The van der Waals surface area contributed by atoms with Crippen LogP contribution in [-0.4, -0.2) is 43.7 Å². The molecule has 1 aliphatic heterocycles. The Bertz CT molecular complexity index is 514. The van der Waals surface area contributed by atoms with Gasteiger partial charge >= 0.3 is 0 Å². The molecule has 114 valence electrons. The largest absolute Gasteiger partial charge is 0.493 e. The molecule has 0 amide bonds. The molecule has 21 heavy (non-hydrogen) atoms. The minimum atomic E-state index is 0.597. The Morgan fingerprint density at radius 2 is 1.95 bits per heavy atom. The smallest absolute Gasteiger partial charge is 0.161 e. The summed E-state index contributed by atoms with van der Waals surface area (Å²) in [5, 5.41) is 8.51. The van der Waals surface area contributed by atoms with E-state index in [2.05, 4.69) is 23.1 Å². The number of nitriles is 1. The molecular formula is C16H22N2O2S. The second-order valence-corrected chi connectivity index (χ2v) is 6.17. The molecule has 0 radical (unpaired) electrons. The molecule has 0 aromatic heterocycles. The van der Waals surface area contributed by atoms with Crippen molar-refractivity contribution in [1.82, 2.24) is 4.90 Å². The lowest BCUT2D eigenvalue weighted by Crippen LogP contribution is -2.31. The molecule has 0 saturated carbocycles. The number of nitrogens with zero attached hydrogens (tertiary/aromatic N) is 2. The summed E-state index contributed by atoms with van der Waals surface area (Å²) in [6, 6.07) is 6.37. The maximum atomic E-state index is 8.51. The summed E-state index contributed by atoms with van der Waals surface area (Å²) in [5.41, 5.74) is 2.70. The fourth-order valence-electron chi connectivity index (χ4n) is 2.64. The summed E-state index contributed by atoms with van der Waals surface area (Å²) < 4.78 is 10.7. The lowest BCUT2D eigenvalue weighted by Gasteiger charge is -2.29. The monoisotopic (exact) mass is 306 g/mol. The predicted octanol–water partition coefficient (Wildman–Crippen LogP) is 2.71. The van der Waals surface area contributed by atoms with Crippen molar-refractivity contribution in [2.75, 3.05) is 38.8 Å². The van der Waals surface area contributed by atoms with Gasteiger partial charge in [0.1, 0.15) is 0 Å². The second-order valence-electron chi connectivity index (χ2n) is 5.07. The zero-order chi connectivity index (χ0) is 15.1. The molecule has 5 heteroatoms. The summed E-state index contributed by atoms with van der Waals surface area (Å²) in [5.74, 6) is 3.28. The van der Waals surface area contributed by atoms with E-state index >= 15 is 0 Å². The van der Waals surface area contributed by atoms with Crippen molar-refractivity contribution < 1.29 is 9.47 Å². The molecule has 1 aromatic carbocycles. The maximum absolute atomic E-state index is 8.51. The van der Waals surface area contributed by atoms with Crippen LogP contribution in [0.15, 0.2) is 12.1 Å². The van der Waals surface area contributed by atoms with Crippen LogP contribution in [0.2, 0.25) is 0 Å². The van der Waals surface area contributed by atoms with Gasteiger partial charge in [-0.3, -0.25) is 4.90 Å². The highest BCUT2D eigenvalue weighted by molar-refractivity contribution is 7.99. The van der Waals surface area contributed by atoms with Gasteiger partial charge < -0.3 is 9.47 Å². The van der Waals surface area contributed by atoms with Crippen LogP contribution in [0.3, 0.4) is 0 Å². The van der Waals surface area contributed by atoms with Crippen molar-refractivity contribution in [3.63, 3.8) is 0 Å². The third-order valence-corrected chi connectivity index (χ3v) is 4.64. The quantitative estimate of drug-likeness (QED) is 0.725. The van der Waals surface area contributed by atoms with Gasteiger partial charge in [-0.25, -0.2) is 0 Å². The number of thioether (sulfide) groups is 1. The summed E-state index contributed by atoms with van der Waals surface area (Å²) in [7, 11) is 3.36. The Morgan fingerprint density at radius 3 is 2.62 bits per heavy atom. The molecule has 1 aromatic rings. The zero-order valence-electron chi connectivity index (χ0n) is 12.7. The molecule has 0 spiro atoms. The summed E-state index contributed by atoms with van der Waals surface area (Å²) in [4.78, 5) is 2.47. The average molecular weight is 306 g/mol. The van der Waals surface area contributed by atoms with Gasteiger partial charge in [-0.15, -0.1) is 11.8 Å². The third-order valence-electron chi connectivity index (χ3n) is 3.73. The van der Waals surface area contributed by atoms with E-state index in [-0.39, 0.29) is 0 Å². The van der Waals surface area contributed by atoms with Gasteiger partial charge in [-0.05, 0) is 48.4 Å². The van der Waals surface area contributed by atoms with Gasteiger partial charge in [0.25, 0.3) is 0 Å². The molecule has 1 aliphatic rings. The highest BCUT2D eigenvalue weighted by atomic mass is 32.2. The van der Waals surface area contributed by atoms with Crippen LogP contribution in [0.4, 0.5) is 0 Å². The van der Waals surface area contributed by atoms with Crippen molar-refractivity contribution in [3.05, 3.63) is 23.3 Å². The average Bonchev–Trinajstić information content (AvgIpc) is 2.53. The Morgan fingerprint density at radius 1 is 1.24 bits per heavy atom. The molecule has 0 saturated heterocycles. The molecule has 1 heterocycles. The van der Waals surface area contributed by atoms with Crippen molar-refractivity contribution in [2.24, 2.45) is 0 Å². The van der Waals surface area contributed by atoms with E-state index in [0.29, 0.717) is 5.75 Å². The van der Waals surface area contributed by atoms with Crippen LogP contribution in [0.5, 0.6) is 11.5 Å². The van der Waals surface area contributed by atoms with Crippen molar-refractivity contribution in [3.8, 4) is 17.6 Å². The predicted molar refractivity (Wildman–Crippen MR) is 86.1 cm³/mol. The van der Waals surface area contributed by atoms with E-state index in [1.165, 1.54) is 11.1 Å². The number of fused-ring (bicyclic) bond motifs is 1. The fraction of sp³-hybridized carbons (Fsp3) is 0.562. The first kappa shape index (κ1) is 16.0.